The van der Waals surface area contributed by atoms with Crippen LogP contribution >= 0.6 is 0 Å². The van der Waals surface area contributed by atoms with E-state index in [9.17, 15) is 13.2 Å². The lowest BCUT2D eigenvalue weighted by atomic mass is 9.88. The predicted molar refractivity (Wildman–Crippen MR) is 80.9 cm³/mol. The number of aromatic nitrogens is 2. The fourth-order valence-corrected chi connectivity index (χ4v) is 3.46. The summed E-state index contributed by atoms with van der Waals surface area (Å²) in [5.41, 5.74) is 0.690. The van der Waals surface area contributed by atoms with Gasteiger partial charge >= 0.3 is 6.18 Å². The van der Waals surface area contributed by atoms with Crippen LogP contribution in [0.3, 0.4) is 0 Å². The monoisotopic (exact) mass is 310 g/mol. The number of hydrogen-bond acceptors (Lipinski definition) is 1. The number of halogens is 3. The highest BCUT2D eigenvalue weighted by atomic mass is 19.4. The average molecular weight is 310 g/mol. The third-order valence-electron chi connectivity index (χ3n) is 4.52. The Morgan fingerprint density at radius 3 is 2.55 bits per heavy atom. The maximum atomic E-state index is 12.9. The van der Waals surface area contributed by atoms with Crippen LogP contribution in [-0.4, -0.2) is 9.55 Å². The van der Waals surface area contributed by atoms with E-state index in [0.717, 1.165) is 37.1 Å². The number of rotatable bonds is 3. The van der Waals surface area contributed by atoms with Gasteiger partial charge in [-0.15, -0.1) is 0 Å². The second-order valence-corrected chi connectivity index (χ2v) is 6.16. The molecule has 3 rings (SSSR count). The quantitative estimate of drug-likeness (QED) is 0.730. The van der Waals surface area contributed by atoms with E-state index in [1.165, 1.54) is 31.4 Å². The molecule has 120 valence electrons. The first-order chi connectivity index (χ1) is 10.5. The van der Waals surface area contributed by atoms with E-state index in [2.05, 4.69) is 16.5 Å². The summed E-state index contributed by atoms with van der Waals surface area (Å²) in [5, 5.41) is 0. The van der Waals surface area contributed by atoms with Crippen LogP contribution in [-0.2, 0) is 12.7 Å². The normalized spacial score (nSPS) is 17.3. The van der Waals surface area contributed by atoms with Crippen LogP contribution in [0.1, 0.15) is 62.8 Å². The SMILES string of the molecule is CCCn1c(C2CCCCC2)nc2cc(C(F)(F)F)ccc21. The third-order valence-corrected chi connectivity index (χ3v) is 4.52. The molecule has 1 aliphatic rings. The van der Waals surface area contributed by atoms with Gasteiger partial charge in [-0.05, 0) is 37.5 Å². The number of imidazole rings is 1. The molecule has 1 fully saturated rings. The molecule has 0 spiro atoms. The molecule has 0 saturated heterocycles. The molecule has 5 heteroatoms. The molecule has 0 N–H and O–H groups in total. The van der Waals surface area contributed by atoms with E-state index < -0.39 is 11.7 Å². The highest BCUT2D eigenvalue weighted by Gasteiger charge is 2.31. The minimum Gasteiger partial charge on any atom is -0.328 e. The van der Waals surface area contributed by atoms with Gasteiger partial charge in [0.15, 0.2) is 0 Å². The molecule has 1 heterocycles. The van der Waals surface area contributed by atoms with Crippen LogP contribution in [0.5, 0.6) is 0 Å². The van der Waals surface area contributed by atoms with Gasteiger partial charge in [0.2, 0.25) is 0 Å². The van der Waals surface area contributed by atoms with Crippen molar-refractivity contribution < 1.29 is 13.2 Å². The molecule has 1 saturated carbocycles. The van der Waals surface area contributed by atoms with Gasteiger partial charge in [0.05, 0.1) is 16.6 Å². The molecular weight excluding hydrogens is 289 g/mol. The molecule has 0 unspecified atom stereocenters. The maximum absolute atomic E-state index is 12.9. The molecule has 0 atom stereocenters. The fourth-order valence-electron chi connectivity index (χ4n) is 3.46. The van der Waals surface area contributed by atoms with E-state index in [-0.39, 0.29) is 0 Å². The Labute approximate surface area is 128 Å². The van der Waals surface area contributed by atoms with Gasteiger partial charge < -0.3 is 4.57 Å². The van der Waals surface area contributed by atoms with Gasteiger partial charge in [0.25, 0.3) is 0 Å². The van der Waals surface area contributed by atoms with E-state index in [1.54, 1.807) is 6.07 Å². The van der Waals surface area contributed by atoms with Crippen molar-refractivity contribution in [3.05, 3.63) is 29.6 Å². The molecule has 1 aromatic carbocycles. The topological polar surface area (TPSA) is 17.8 Å². The van der Waals surface area contributed by atoms with Gasteiger partial charge in [-0.3, -0.25) is 0 Å². The Morgan fingerprint density at radius 2 is 1.91 bits per heavy atom. The zero-order valence-corrected chi connectivity index (χ0v) is 12.8. The summed E-state index contributed by atoms with van der Waals surface area (Å²) in [4.78, 5) is 4.59. The van der Waals surface area contributed by atoms with Gasteiger partial charge in [0, 0.05) is 12.5 Å². The number of fused-ring (bicyclic) bond motifs is 1. The summed E-state index contributed by atoms with van der Waals surface area (Å²) >= 11 is 0. The largest absolute Gasteiger partial charge is 0.416 e. The summed E-state index contributed by atoms with van der Waals surface area (Å²) in [6, 6.07) is 3.93. The number of nitrogens with zero attached hydrogens (tertiary/aromatic N) is 2. The summed E-state index contributed by atoms with van der Waals surface area (Å²) in [7, 11) is 0. The maximum Gasteiger partial charge on any atom is 0.416 e. The van der Waals surface area contributed by atoms with Crippen LogP contribution < -0.4 is 0 Å². The fraction of sp³-hybridized carbons (Fsp3) is 0.588. The molecule has 1 aromatic heterocycles. The first kappa shape index (κ1) is 15.4. The Balaban J connectivity index is 2.08. The van der Waals surface area contributed by atoms with Crippen LogP contribution in [0.4, 0.5) is 13.2 Å². The van der Waals surface area contributed by atoms with Crippen molar-refractivity contribution in [1.29, 1.82) is 0 Å². The summed E-state index contributed by atoms with van der Waals surface area (Å²) < 4.78 is 40.8. The van der Waals surface area contributed by atoms with Crippen molar-refractivity contribution in [2.75, 3.05) is 0 Å². The molecule has 0 bridgehead atoms. The molecule has 2 aromatic rings. The lowest BCUT2D eigenvalue weighted by Gasteiger charge is -2.22. The number of benzene rings is 1. The van der Waals surface area contributed by atoms with E-state index in [1.807, 2.05) is 0 Å². The van der Waals surface area contributed by atoms with Crippen molar-refractivity contribution >= 4 is 11.0 Å². The Morgan fingerprint density at radius 1 is 1.18 bits per heavy atom. The second-order valence-electron chi connectivity index (χ2n) is 6.16. The minimum absolute atomic E-state index is 0.391. The van der Waals surface area contributed by atoms with Crippen molar-refractivity contribution in [3.63, 3.8) is 0 Å². The van der Waals surface area contributed by atoms with Crippen LogP contribution in [0.15, 0.2) is 18.2 Å². The summed E-state index contributed by atoms with van der Waals surface area (Å²) in [5.74, 6) is 1.37. The van der Waals surface area contributed by atoms with Crippen molar-refractivity contribution in [1.82, 2.24) is 9.55 Å². The molecular formula is C17H21F3N2. The lowest BCUT2D eigenvalue weighted by Crippen LogP contribution is -2.12. The molecule has 0 aliphatic heterocycles. The van der Waals surface area contributed by atoms with Gasteiger partial charge in [-0.25, -0.2) is 4.98 Å². The molecule has 22 heavy (non-hydrogen) atoms. The molecule has 1 aliphatic carbocycles. The third kappa shape index (κ3) is 2.85. The lowest BCUT2D eigenvalue weighted by molar-refractivity contribution is -0.137. The minimum atomic E-state index is -4.31. The highest BCUT2D eigenvalue weighted by Crippen LogP contribution is 2.36. The number of aryl methyl sites for hydroxylation is 1. The Bertz CT molecular complexity index is 652. The van der Waals surface area contributed by atoms with Crippen molar-refractivity contribution in [2.45, 2.75) is 64.1 Å². The molecule has 0 amide bonds. The zero-order valence-electron chi connectivity index (χ0n) is 12.8. The van der Waals surface area contributed by atoms with Gasteiger partial charge in [-0.2, -0.15) is 13.2 Å². The summed E-state index contributed by atoms with van der Waals surface area (Å²) in [6.07, 6.45) is 2.46. The molecule has 2 nitrogen and oxygen atoms in total. The number of hydrogen-bond donors (Lipinski definition) is 0. The van der Waals surface area contributed by atoms with E-state index in [4.69, 9.17) is 0 Å². The first-order valence-electron chi connectivity index (χ1n) is 8.08. The van der Waals surface area contributed by atoms with Crippen molar-refractivity contribution in [2.24, 2.45) is 0 Å². The second kappa shape index (κ2) is 5.94. The highest BCUT2D eigenvalue weighted by molar-refractivity contribution is 5.77. The van der Waals surface area contributed by atoms with Crippen LogP contribution in [0.2, 0.25) is 0 Å². The van der Waals surface area contributed by atoms with Gasteiger partial charge in [-0.1, -0.05) is 26.2 Å². The first-order valence-corrected chi connectivity index (χ1v) is 8.08. The zero-order chi connectivity index (χ0) is 15.7. The van der Waals surface area contributed by atoms with Crippen LogP contribution in [0, 0.1) is 0 Å². The summed E-state index contributed by atoms with van der Waals surface area (Å²) in [6.45, 7) is 2.90. The Kier molecular flexibility index (Phi) is 4.15. The van der Waals surface area contributed by atoms with E-state index >= 15 is 0 Å². The Hall–Kier alpha value is -1.52. The van der Waals surface area contributed by atoms with Gasteiger partial charge in [0.1, 0.15) is 5.82 Å². The average Bonchev–Trinajstić information content (AvgIpc) is 2.86. The van der Waals surface area contributed by atoms with E-state index in [0.29, 0.717) is 11.4 Å². The molecule has 0 radical (unpaired) electrons. The van der Waals surface area contributed by atoms with Crippen LogP contribution in [0.25, 0.3) is 11.0 Å². The predicted octanol–water partition coefficient (Wildman–Crippen LogP) is 5.51. The van der Waals surface area contributed by atoms with Crippen molar-refractivity contribution in [3.8, 4) is 0 Å². The smallest absolute Gasteiger partial charge is 0.328 e. The standard InChI is InChI=1S/C17H21F3N2/c1-2-10-22-15-9-8-13(17(18,19)20)11-14(15)21-16(22)12-6-4-3-5-7-12/h8-9,11-12H,2-7,10H2,1H3. The number of alkyl halides is 3.